The number of H-pyrrole nitrogens is 1. The van der Waals surface area contributed by atoms with E-state index in [2.05, 4.69) is 9.97 Å². The van der Waals surface area contributed by atoms with E-state index in [1.165, 1.54) is 30.3 Å². The Morgan fingerprint density at radius 2 is 2.04 bits per heavy atom. The third kappa shape index (κ3) is 2.52. The van der Waals surface area contributed by atoms with Crippen molar-refractivity contribution in [3.05, 3.63) is 71.3 Å². The van der Waals surface area contributed by atoms with E-state index >= 15 is 0 Å². The van der Waals surface area contributed by atoms with Gasteiger partial charge >= 0.3 is 0 Å². The van der Waals surface area contributed by atoms with Crippen molar-refractivity contribution in [3.63, 3.8) is 0 Å². The molecule has 4 rings (SSSR count). The Morgan fingerprint density at radius 1 is 1.27 bits per heavy atom. The van der Waals surface area contributed by atoms with E-state index in [-0.39, 0.29) is 23.5 Å². The zero-order valence-corrected chi connectivity index (χ0v) is 14.3. The molecular formula is C18H14ClF2N3O2. The first-order valence-electron chi connectivity index (χ1n) is 7.59. The van der Waals surface area contributed by atoms with E-state index in [0.29, 0.717) is 16.7 Å². The Labute approximate surface area is 153 Å². The van der Waals surface area contributed by atoms with Crippen molar-refractivity contribution in [3.8, 4) is 0 Å². The van der Waals surface area contributed by atoms with Crippen molar-refractivity contribution in [1.29, 1.82) is 0 Å². The number of rotatable bonds is 2. The van der Waals surface area contributed by atoms with Gasteiger partial charge in [0.2, 0.25) is 0 Å². The number of hydrogen-bond acceptors (Lipinski definition) is 3. The molecule has 2 N–H and O–H groups in total. The van der Waals surface area contributed by atoms with Crippen molar-refractivity contribution >= 4 is 35.0 Å². The summed E-state index contributed by atoms with van der Waals surface area (Å²) in [4.78, 5) is 20.8. The summed E-state index contributed by atoms with van der Waals surface area (Å²) in [6.07, 6.45) is 1.52. The van der Waals surface area contributed by atoms with Crippen LogP contribution in [0.4, 0.5) is 14.5 Å². The fourth-order valence-corrected chi connectivity index (χ4v) is 3.17. The number of aliphatic hydroxyl groups is 1. The van der Waals surface area contributed by atoms with Crippen LogP contribution in [0.25, 0.3) is 11.0 Å². The number of fused-ring (bicyclic) bond motifs is 1. The lowest BCUT2D eigenvalue weighted by atomic mass is 9.99. The Kier molecular flexibility index (Phi) is 4.41. The molecule has 0 fully saturated rings. The number of nitrogens with zero attached hydrogens (tertiary/aromatic N) is 2. The third-order valence-electron chi connectivity index (χ3n) is 4.42. The lowest BCUT2D eigenvalue weighted by Crippen LogP contribution is -2.30. The normalized spacial score (nSPS) is 17.1. The number of anilines is 1. The van der Waals surface area contributed by atoms with Crippen LogP contribution in [0, 0.1) is 11.6 Å². The smallest absolute Gasteiger partial charge is 0.293 e. The van der Waals surface area contributed by atoms with Gasteiger partial charge in [0.1, 0.15) is 0 Å². The topological polar surface area (TPSA) is 69.2 Å². The molecule has 134 valence electrons. The van der Waals surface area contributed by atoms with Crippen molar-refractivity contribution in [2.75, 3.05) is 4.90 Å². The van der Waals surface area contributed by atoms with Gasteiger partial charge in [-0.3, -0.25) is 9.69 Å². The molecule has 0 spiro atoms. The van der Waals surface area contributed by atoms with Gasteiger partial charge in [0.25, 0.3) is 5.91 Å². The maximum atomic E-state index is 14.3. The van der Waals surface area contributed by atoms with Crippen LogP contribution in [0.3, 0.4) is 0 Å². The minimum atomic E-state index is -1.04. The maximum absolute atomic E-state index is 14.3. The quantitative estimate of drug-likeness (QED) is 0.701. The van der Waals surface area contributed by atoms with Crippen molar-refractivity contribution < 1.29 is 18.7 Å². The van der Waals surface area contributed by atoms with Gasteiger partial charge in [-0.1, -0.05) is 12.1 Å². The Balaban J connectivity index is 0.00000196. The molecule has 1 unspecified atom stereocenters. The summed E-state index contributed by atoms with van der Waals surface area (Å²) < 4.78 is 28.0. The van der Waals surface area contributed by atoms with Gasteiger partial charge in [0.15, 0.2) is 17.4 Å². The SMILES string of the molecule is CC1=C(O)C(=O)N(c2ccc3n[14cH][nH]c3c2)C1c1cccc(F)c1F.Cl. The maximum Gasteiger partial charge on any atom is 0.293 e. The van der Waals surface area contributed by atoms with E-state index in [4.69, 9.17) is 0 Å². The van der Waals surface area contributed by atoms with Crippen LogP contribution in [-0.4, -0.2) is 21.0 Å². The number of imidazole rings is 1. The highest BCUT2D eigenvalue weighted by Gasteiger charge is 2.40. The van der Waals surface area contributed by atoms with Gasteiger partial charge in [-0.05, 0) is 31.2 Å². The van der Waals surface area contributed by atoms with E-state index < -0.39 is 29.3 Å². The summed E-state index contributed by atoms with van der Waals surface area (Å²) in [5.74, 6) is -3.17. The van der Waals surface area contributed by atoms with Crippen LogP contribution >= 0.6 is 12.4 Å². The summed E-state index contributed by atoms with van der Waals surface area (Å²) >= 11 is 0. The molecule has 5 nitrogen and oxygen atoms in total. The van der Waals surface area contributed by atoms with Crippen LogP contribution in [0.5, 0.6) is 0 Å². The summed E-state index contributed by atoms with van der Waals surface area (Å²) in [6, 6.07) is 7.89. The molecule has 1 atom stereocenters. The van der Waals surface area contributed by atoms with Crippen LogP contribution in [0.15, 0.2) is 54.1 Å². The standard InChI is InChI=1S/C18H13F2N3O2.ClH/c1-9-16(11-3-2-4-12(19)15(11)20)23(18(25)17(9)24)10-5-6-13-14(7-10)22-8-21-13;/h2-8,16,24H,1H3,(H,21,22);1H/i8+2;. The summed E-state index contributed by atoms with van der Waals surface area (Å²) in [5.41, 5.74) is 2.09. The molecule has 1 aromatic heterocycles. The molecule has 0 aliphatic carbocycles. The number of benzene rings is 2. The van der Waals surface area contributed by atoms with Gasteiger partial charge in [-0.2, -0.15) is 0 Å². The van der Waals surface area contributed by atoms with Crippen molar-refractivity contribution in [1.82, 2.24) is 9.97 Å². The first-order valence-corrected chi connectivity index (χ1v) is 7.59. The van der Waals surface area contributed by atoms with Crippen molar-refractivity contribution in [2.45, 2.75) is 13.0 Å². The fraction of sp³-hybridized carbons (Fsp3) is 0.111. The fourth-order valence-electron chi connectivity index (χ4n) is 3.17. The Morgan fingerprint density at radius 3 is 2.81 bits per heavy atom. The lowest BCUT2D eigenvalue weighted by molar-refractivity contribution is -0.117. The molecule has 2 heterocycles. The molecule has 0 saturated heterocycles. The molecule has 0 bridgehead atoms. The molecule has 1 amide bonds. The highest BCUT2D eigenvalue weighted by atomic mass is 35.5. The lowest BCUT2D eigenvalue weighted by Gasteiger charge is -2.26. The van der Waals surface area contributed by atoms with Crippen LogP contribution in [0.2, 0.25) is 0 Å². The molecule has 0 saturated carbocycles. The predicted molar refractivity (Wildman–Crippen MR) is 95.3 cm³/mol. The number of aromatic amines is 1. The van der Waals surface area contributed by atoms with Gasteiger partial charge in [-0.15, -0.1) is 12.4 Å². The second-order valence-corrected chi connectivity index (χ2v) is 5.86. The molecular weight excluding hydrogens is 366 g/mol. The highest BCUT2D eigenvalue weighted by Crippen LogP contribution is 2.41. The van der Waals surface area contributed by atoms with Crippen LogP contribution < -0.4 is 4.90 Å². The number of halogens is 3. The number of nitrogens with one attached hydrogen (secondary N) is 1. The van der Waals surface area contributed by atoms with Gasteiger partial charge in [0.05, 0.1) is 23.4 Å². The predicted octanol–water partition coefficient (Wildman–Crippen LogP) is 4.18. The van der Waals surface area contributed by atoms with Crippen LogP contribution in [-0.2, 0) is 4.79 Å². The van der Waals surface area contributed by atoms with Gasteiger partial charge < -0.3 is 10.1 Å². The second-order valence-electron chi connectivity index (χ2n) is 5.86. The minimum absolute atomic E-state index is 0. The zero-order valence-electron chi connectivity index (χ0n) is 13.5. The van der Waals surface area contributed by atoms with Gasteiger partial charge in [-0.25, -0.2) is 13.8 Å². The molecule has 26 heavy (non-hydrogen) atoms. The summed E-state index contributed by atoms with van der Waals surface area (Å²) in [7, 11) is 0. The largest absolute Gasteiger partial charge is 0.503 e. The first-order chi connectivity index (χ1) is 12.0. The zero-order chi connectivity index (χ0) is 17.7. The molecule has 1 aliphatic heterocycles. The molecule has 0 radical (unpaired) electrons. The number of carbonyl (C=O) groups is 1. The van der Waals surface area contributed by atoms with E-state index in [1.54, 1.807) is 18.2 Å². The monoisotopic (exact) mass is 379 g/mol. The molecule has 8 heteroatoms. The molecule has 2 aromatic carbocycles. The summed E-state index contributed by atoms with van der Waals surface area (Å²) in [6.45, 7) is 1.52. The first kappa shape index (κ1) is 17.9. The Bertz CT molecular complexity index is 1050. The average Bonchev–Trinajstić information content (AvgIpc) is 3.15. The second kappa shape index (κ2) is 6.42. The number of amides is 1. The average molecular weight is 380 g/mol. The van der Waals surface area contributed by atoms with E-state index in [1.807, 2.05) is 0 Å². The van der Waals surface area contributed by atoms with Crippen LogP contribution in [0.1, 0.15) is 18.5 Å². The molecule has 3 aromatic rings. The number of carbonyl (C=O) groups excluding carboxylic acids is 1. The van der Waals surface area contributed by atoms with Gasteiger partial charge in [0, 0.05) is 16.8 Å². The number of hydrogen-bond donors (Lipinski definition) is 2. The summed E-state index contributed by atoms with van der Waals surface area (Å²) in [5, 5.41) is 10.1. The van der Waals surface area contributed by atoms with E-state index in [0.717, 1.165) is 6.07 Å². The highest BCUT2D eigenvalue weighted by molar-refractivity contribution is 6.09. The third-order valence-corrected chi connectivity index (χ3v) is 4.42. The minimum Gasteiger partial charge on any atom is -0.503 e. The van der Waals surface area contributed by atoms with Crippen molar-refractivity contribution in [2.24, 2.45) is 0 Å². The molecule has 1 aliphatic rings. The number of aromatic nitrogens is 2. The van der Waals surface area contributed by atoms with E-state index in [9.17, 15) is 18.7 Å². The number of aliphatic hydroxyl groups excluding tert-OH is 1. The Hall–Kier alpha value is -2.93.